The van der Waals surface area contributed by atoms with Gasteiger partial charge in [-0.2, -0.15) is 0 Å². The van der Waals surface area contributed by atoms with Gasteiger partial charge in [0.25, 0.3) is 5.91 Å². The van der Waals surface area contributed by atoms with E-state index in [1.807, 2.05) is 6.07 Å². The number of nitrogens with zero attached hydrogens (tertiary/aromatic N) is 1. The minimum absolute atomic E-state index is 0.0865. The van der Waals surface area contributed by atoms with E-state index < -0.39 is 23.8 Å². The molecule has 11 nitrogen and oxygen atoms in total. The molecule has 2 amide bonds. The average Bonchev–Trinajstić information content (AvgIpc) is 2.98. The fraction of sp³-hybridized carbons (Fsp3) is 0.300. The van der Waals surface area contributed by atoms with E-state index in [4.69, 9.17) is 29.4 Å². The van der Waals surface area contributed by atoms with Gasteiger partial charge in [0.2, 0.25) is 11.7 Å². The third-order valence-corrected chi connectivity index (χ3v) is 6.53. The Kier molecular flexibility index (Phi) is 10.4. The van der Waals surface area contributed by atoms with E-state index in [-0.39, 0.29) is 24.9 Å². The van der Waals surface area contributed by atoms with E-state index in [9.17, 15) is 19.5 Å². The number of carboxylic acid groups (broad SMARTS) is 1. The quantitative estimate of drug-likeness (QED) is 0.298. The predicted octanol–water partition coefficient (Wildman–Crippen LogP) is 3.76. The van der Waals surface area contributed by atoms with E-state index in [1.54, 1.807) is 62.8 Å². The number of ether oxygens (including phenoxy) is 5. The van der Waals surface area contributed by atoms with Crippen LogP contribution in [0.4, 0.5) is 0 Å². The zero-order valence-electron chi connectivity index (χ0n) is 23.6. The molecule has 0 aliphatic heterocycles. The van der Waals surface area contributed by atoms with Crippen LogP contribution in [0, 0.1) is 0 Å². The molecular weight excluding hydrogens is 532 g/mol. The summed E-state index contributed by atoms with van der Waals surface area (Å²) < 4.78 is 27.0. The maximum absolute atomic E-state index is 13.9. The van der Waals surface area contributed by atoms with Crippen LogP contribution in [0.5, 0.6) is 28.7 Å². The van der Waals surface area contributed by atoms with E-state index >= 15 is 0 Å². The summed E-state index contributed by atoms with van der Waals surface area (Å²) in [7, 11) is 7.51. The van der Waals surface area contributed by atoms with Crippen LogP contribution in [0.2, 0.25) is 0 Å². The fourth-order valence-electron chi connectivity index (χ4n) is 4.45. The molecular formula is C30H34N2O9. The third-order valence-electron chi connectivity index (χ3n) is 6.53. The summed E-state index contributed by atoms with van der Waals surface area (Å²) in [6.07, 6.45) is -0.523. The summed E-state index contributed by atoms with van der Waals surface area (Å²) in [6, 6.07) is 14.3. The first-order chi connectivity index (χ1) is 19.7. The molecule has 0 aromatic heterocycles. The highest BCUT2D eigenvalue weighted by molar-refractivity contribution is 5.98. The van der Waals surface area contributed by atoms with Crippen molar-refractivity contribution in [2.24, 2.45) is 5.73 Å². The van der Waals surface area contributed by atoms with Crippen LogP contribution in [-0.2, 0) is 16.1 Å². The number of benzene rings is 3. The van der Waals surface area contributed by atoms with Crippen LogP contribution < -0.4 is 29.4 Å². The Morgan fingerprint density at radius 3 is 1.90 bits per heavy atom. The Balaban J connectivity index is 2.03. The van der Waals surface area contributed by atoms with Crippen molar-refractivity contribution in [2.45, 2.75) is 25.4 Å². The maximum Gasteiger partial charge on any atom is 0.303 e. The molecule has 3 N–H and O–H groups in total. The van der Waals surface area contributed by atoms with Crippen molar-refractivity contribution in [1.82, 2.24) is 4.90 Å². The van der Waals surface area contributed by atoms with Crippen LogP contribution in [0.15, 0.2) is 54.6 Å². The molecule has 0 aliphatic rings. The van der Waals surface area contributed by atoms with Crippen LogP contribution in [0.1, 0.15) is 28.8 Å². The molecule has 3 aromatic carbocycles. The van der Waals surface area contributed by atoms with Gasteiger partial charge in [0.15, 0.2) is 11.5 Å². The van der Waals surface area contributed by atoms with Crippen molar-refractivity contribution in [3.63, 3.8) is 0 Å². The number of primary amides is 1. The first kappa shape index (κ1) is 30.6. The van der Waals surface area contributed by atoms with Gasteiger partial charge in [0.1, 0.15) is 17.5 Å². The second-order valence-corrected chi connectivity index (χ2v) is 8.96. The normalized spacial score (nSPS) is 11.2. The zero-order valence-corrected chi connectivity index (χ0v) is 23.6. The van der Waals surface area contributed by atoms with E-state index in [1.165, 1.54) is 26.2 Å². The third kappa shape index (κ3) is 7.18. The summed E-state index contributed by atoms with van der Waals surface area (Å²) in [6.45, 7) is -0.0865. The van der Waals surface area contributed by atoms with Gasteiger partial charge in [0, 0.05) is 30.2 Å². The van der Waals surface area contributed by atoms with Crippen molar-refractivity contribution < 1.29 is 43.2 Å². The number of methoxy groups -OCH3 is 5. The summed E-state index contributed by atoms with van der Waals surface area (Å²) in [5, 5.41) is 9.26. The Morgan fingerprint density at radius 2 is 1.41 bits per heavy atom. The molecule has 1 atom stereocenters. The van der Waals surface area contributed by atoms with Gasteiger partial charge in [-0.3, -0.25) is 14.4 Å². The second kappa shape index (κ2) is 13.9. The van der Waals surface area contributed by atoms with Crippen molar-refractivity contribution >= 4 is 17.8 Å². The molecule has 11 heteroatoms. The second-order valence-electron chi connectivity index (χ2n) is 8.96. The molecule has 3 rings (SSSR count). The maximum atomic E-state index is 13.9. The molecule has 0 radical (unpaired) electrons. The number of hydrogen-bond acceptors (Lipinski definition) is 8. The van der Waals surface area contributed by atoms with Crippen LogP contribution in [-0.4, -0.2) is 69.4 Å². The van der Waals surface area contributed by atoms with Gasteiger partial charge in [-0.05, 0) is 53.9 Å². The molecule has 218 valence electrons. The van der Waals surface area contributed by atoms with Crippen LogP contribution in [0.3, 0.4) is 0 Å². The summed E-state index contributed by atoms with van der Waals surface area (Å²) >= 11 is 0. The number of carbonyl (C=O) groups is 3. The van der Waals surface area contributed by atoms with E-state index in [0.29, 0.717) is 34.3 Å². The van der Waals surface area contributed by atoms with Gasteiger partial charge in [-0.25, -0.2) is 0 Å². The lowest BCUT2D eigenvalue weighted by atomic mass is 10.0. The first-order valence-electron chi connectivity index (χ1n) is 12.6. The Hall–Kier alpha value is -4.93. The molecule has 0 fully saturated rings. The lowest BCUT2D eigenvalue weighted by Crippen LogP contribution is -2.47. The SMILES string of the molecule is COc1ccc(-c2ccc(C(=O)N(Cc3cc(OC)c(OC)c(OC)c3)[C@@H](CCC(=O)O)C(N)=O)cc2)c(OC)c1. The lowest BCUT2D eigenvalue weighted by molar-refractivity contribution is -0.137. The standard InChI is InChI=1S/C30H34N2O9/c1-37-21-10-11-22(24(16-21)38-2)19-6-8-20(9-7-19)30(36)32(23(29(31)35)12-13-27(33)34)17-18-14-25(39-3)28(41-5)26(15-18)40-4/h6-11,14-16,23H,12-13,17H2,1-5H3,(H2,31,35)(H,33,34)/t23-/m0/s1. The number of nitrogens with two attached hydrogens (primary N) is 1. The summed E-state index contributed by atoms with van der Waals surface area (Å²) in [4.78, 5) is 39.0. The zero-order chi connectivity index (χ0) is 30.1. The van der Waals surface area contributed by atoms with Gasteiger partial charge in [-0.15, -0.1) is 0 Å². The van der Waals surface area contributed by atoms with Crippen molar-refractivity contribution in [1.29, 1.82) is 0 Å². The number of aliphatic carboxylic acids is 1. The Labute approximate surface area is 238 Å². The van der Waals surface area contributed by atoms with Gasteiger partial charge < -0.3 is 39.4 Å². The smallest absolute Gasteiger partial charge is 0.303 e. The van der Waals surface area contributed by atoms with E-state index in [0.717, 1.165) is 11.1 Å². The minimum Gasteiger partial charge on any atom is -0.497 e. The van der Waals surface area contributed by atoms with Crippen molar-refractivity contribution in [2.75, 3.05) is 35.5 Å². The summed E-state index contributed by atoms with van der Waals surface area (Å²) in [5.74, 6) is -0.157. The van der Waals surface area contributed by atoms with E-state index in [2.05, 4.69) is 0 Å². The largest absolute Gasteiger partial charge is 0.497 e. The number of carboxylic acids is 1. The molecule has 0 unspecified atom stereocenters. The number of hydrogen-bond donors (Lipinski definition) is 2. The lowest BCUT2D eigenvalue weighted by Gasteiger charge is -2.30. The predicted molar refractivity (Wildman–Crippen MR) is 151 cm³/mol. The Bertz CT molecular complexity index is 1360. The number of amides is 2. The number of rotatable bonds is 14. The molecule has 41 heavy (non-hydrogen) atoms. The van der Waals surface area contributed by atoms with Gasteiger partial charge in [0.05, 0.1) is 35.5 Å². The van der Waals surface area contributed by atoms with Gasteiger partial charge >= 0.3 is 5.97 Å². The Morgan fingerprint density at radius 1 is 0.805 bits per heavy atom. The van der Waals surface area contributed by atoms with Crippen LogP contribution in [0.25, 0.3) is 11.1 Å². The average molecular weight is 567 g/mol. The molecule has 3 aromatic rings. The monoisotopic (exact) mass is 566 g/mol. The minimum atomic E-state index is -1.20. The molecule has 0 saturated heterocycles. The fourth-order valence-corrected chi connectivity index (χ4v) is 4.45. The molecule has 0 saturated carbocycles. The highest BCUT2D eigenvalue weighted by atomic mass is 16.5. The summed E-state index contributed by atoms with van der Waals surface area (Å²) in [5.41, 5.74) is 8.09. The molecule has 0 spiro atoms. The first-order valence-corrected chi connectivity index (χ1v) is 12.6. The molecule has 0 bridgehead atoms. The van der Waals surface area contributed by atoms with Crippen LogP contribution >= 0.6 is 0 Å². The van der Waals surface area contributed by atoms with Crippen molar-refractivity contribution in [3.05, 3.63) is 65.7 Å². The highest BCUT2D eigenvalue weighted by Gasteiger charge is 2.30. The van der Waals surface area contributed by atoms with Crippen molar-refractivity contribution in [3.8, 4) is 39.9 Å². The molecule has 0 heterocycles. The van der Waals surface area contributed by atoms with Gasteiger partial charge in [-0.1, -0.05) is 12.1 Å². The number of carbonyl (C=O) groups excluding carboxylic acids is 2. The topological polar surface area (TPSA) is 147 Å². The highest BCUT2D eigenvalue weighted by Crippen LogP contribution is 2.39. The molecule has 0 aliphatic carbocycles.